The SMILES string of the molecule is O=C(O)c1cc2c(s1)c(C1CCCCC1)c(-c1ccc3nc(-c4ccccc4C(F)(F)F)ccc3c1)n2Cc1ccncc1. The lowest BCUT2D eigenvalue weighted by atomic mass is 9.83. The Morgan fingerprint density at radius 2 is 1.73 bits per heavy atom. The van der Waals surface area contributed by atoms with E-state index < -0.39 is 17.7 Å². The van der Waals surface area contributed by atoms with Gasteiger partial charge >= 0.3 is 12.1 Å². The molecule has 0 radical (unpaired) electrons. The zero-order valence-corrected chi connectivity index (χ0v) is 24.5. The van der Waals surface area contributed by atoms with E-state index in [1.165, 1.54) is 35.5 Å². The fraction of sp³-hybridized carbons (Fsp3) is 0.229. The van der Waals surface area contributed by atoms with Gasteiger partial charge in [0.05, 0.1) is 32.7 Å². The lowest BCUT2D eigenvalue weighted by Gasteiger charge is -2.24. The summed E-state index contributed by atoms with van der Waals surface area (Å²) in [5.41, 5.74) is 5.37. The number of fused-ring (bicyclic) bond motifs is 2. The van der Waals surface area contributed by atoms with Crippen molar-refractivity contribution in [2.24, 2.45) is 0 Å². The van der Waals surface area contributed by atoms with Gasteiger partial charge in [0.25, 0.3) is 0 Å². The maximum Gasteiger partial charge on any atom is 0.417 e. The normalized spacial score (nSPS) is 14.4. The molecular weight excluding hydrogens is 583 g/mol. The molecule has 0 spiro atoms. The molecule has 7 rings (SSSR count). The molecular formula is C35H28F3N3O2S. The molecule has 222 valence electrons. The summed E-state index contributed by atoms with van der Waals surface area (Å²) in [6, 6.07) is 20.6. The van der Waals surface area contributed by atoms with Crippen LogP contribution in [0.2, 0.25) is 0 Å². The van der Waals surface area contributed by atoms with E-state index in [4.69, 9.17) is 0 Å². The minimum Gasteiger partial charge on any atom is -0.477 e. The number of carboxylic acid groups (broad SMARTS) is 1. The van der Waals surface area contributed by atoms with Gasteiger partial charge in [0, 0.05) is 29.9 Å². The van der Waals surface area contributed by atoms with Crippen LogP contribution < -0.4 is 0 Å². The van der Waals surface area contributed by atoms with Gasteiger partial charge in [0.15, 0.2) is 0 Å². The maximum atomic E-state index is 13.7. The van der Waals surface area contributed by atoms with Crippen molar-refractivity contribution < 1.29 is 23.1 Å². The van der Waals surface area contributed by atoms with E-state index in [9.17, 15) is 23.1 Å². The molecule has 0 amide bonds. The van der Waals surface area contributed by atoms with Gasteiger partial charge in [0.2, 0.25) is 0 Å². The van der Waals surface area contributed by atoms with Crippen molar-refractivity contribution in [3.8, 4) is 22.5 Å². The summed E-state index contributed by atoms with van der Waals surface area (Å²) in [6.07, 6.45) is 4.55. The second-order valence-electron chi connectivity index (χ2n) is 11.3. The summed E-state index contributed by atoms with van der Waals surface area (Å²) in [6.45, 7) is 0.542. The van der Waals surface area contributed by atoms with Crippen molar-refractivity contribution >= 4 is 38.4 Å². The molecule has 1 saturated carbocycles. The molecule has 0 bridgehead atoms. The first-order chi connectivity index (χ1) is 21.3. The number of thiophene rings is 1. The molecule has 5 nitrogen and oxygen atoms in total. The average molecular weight is 612 g/mol. The molecule has 0 aliphatic heterocycles. The fourth-order valence-corrected chi connectivity index (χ4v) is 7.67. The van der Waals surface area contributed by atoms with Crippen LogP contribution in [0.15, 0.2) is 85.2 Å². The quantitative estimate of drug-likeness (QED) is 0.204. The van der Waals surface area contributed by atoms with Crippen LogP contribution in [0.1, 0.15) is 64.4 Å². The number of carbonyl (C=O) groups is 1. The third-order valence-electron chi connectivity index (χ3n) is 8.56. The zero-order valence-electron chi connectivity index (χ0n) is 23.6. The smallest absolute Gasteiger partial charge is 0.417 e. The number of aromatic carboxylic acids is 1. The molecule has 1 aliphatic rings. The molecule has 0 saturated heterocycles. The van der Waals surface area contributed by atoms with Crippen LogP contribution in [0.25, 0.3) is 43.6 Å². The molecule has 1 aliphatic carbocycles. The van der Waals surface area contributed by atoms with Gasteiger partial charge in [0.1, 0.15) is 4.88 Å². The van der Waals surface area contributed by atoms with Crippen LogP contribution in [-0.4, -0.2) is 25.6 Å². The van der Waals surface area contributed by atoms with E-state index in [0.29, 0.717) is 22.9 Å². The fourth-order valence-electron chi connectivity index (χ4n) is 6.55. The van der Waals surface area contributed by atoms with E-state index in [1.54, 1.807) is 30.6 Å². The van der Waals surface area contributed by atoms with Crippen LogP contribution in [0, 0.1) is 0 Å². The van der Waals surface area contributed by atoms with Crippen molar-refractivity contribution in [1.29, 1.82) is 0 Å². The molecule has 1 fully saturated rings. The Morgan fingerprint density at radius 1 is 0.955 bits per heavy atom. The van der Waals surface area contributed by atoms with Crippen molar-refractivity contribution in [1.82, 2.24) is 14.5 Å². The van der Waals surface area contributed by atoms with Gasteiger partial charge < -0.3 is 9.67 Å². The molecule has 0 atom stereocenters. The summed E-state index contributed by atoms with van der Waals surface area (Å²) in [7, 11) is 0. The Balaban J connectivity index is 1.41. The molecule has 1 N–H and O–H groups in total. The van der Waals surface area contributed by atoms with Crippen LogP contribution in [0.3, 0.4) is 0 Å². The van der Waals surface area contributed by atoms with Gasteiger partial charge in [-0.05, 0) is 77.9 Å². The highest BCUT2D eigenvalue weighted by Gasteiger charge is 2.34. The highest BCUT2D eigenvalue weighted by molar-refractivity contribution is 7.21. The summed E-state index contributed by atoms with van der Waals surface area (Å²) in [4.78, 5) is 21.2. The van der Waals surface area contributed by atoms with Crippen LogP contribution >= 0.6 is 11.3 Å². The number of nitrogens with zero attached hydrogens (tertiary/aromatic N) is 3. The van der Waals surface area contributed by atoms with Crippen molar-refractivity contribution in [2.75, 3.05) is 0 Å². The van der Waals surface area contributed by atoms with E-state index in [0.717, 1.165) is 64.2 Å². The Morgan fingerprint density at radius 3 is 2.48 bits per heavy atom. The van der Waals surface area contributed by atoms with E-state index in [2.05, 4.69) is 14.5 Å². The van der Waals surface area contributed by atoms with Crippen molar-refractivity contribution in [3.05, 3.63) is 107 Å². The van der Waals surface area contributed by atoms with E-state index >= 15 is 0 Å². The molecule has 4 aromatic heterocycles. The van der Waals surface area contributed by atoms with Crippen molar-refractivity contribution in [2.45, 2.75) is 50.7 Å². The first kappa shape index (κ1) is 28.3. The Labute approximate surface area is 255 Å². The number of halogens is 3. The second-order valence-corrected chi connectivity index (χ2v) is 12.4. The van der Waals surface area contributed by atoms with Crippen LogP contribution in [0.5, 0.6) is 0 Å². The largest absolute Gasteiger partial charge is 0.477 e. The Kier molecular flexibility index (Phi) is 7.20. The highest BCUT2D eigenvalue weighted by atomic mass is 32.1. The Bertz CT molecular complexity index is 2010. The van der Waals surface area contributed by atoms with Crippen LogP contribution in [-0.2, 0) is 12.7 Å². The molecule has 6 aromatic rings. The first-order valence-electron chi connectivity index (χ1n) is 14.6. The minimum absolute atomic E-state index is 0.0475. The third-order valence-corrected chi connectivity index (χ3v) is 9.70. The summed E-state index contributed by atoms with van der Waals surface area (Å²) >= 11 is 1.34. The number of hydrogen-bond donors (Lipinski definition) is 1. The number of alkyl halides is 3. The minimum atomic E-state index is -4.49. The van der Waals surface area contributed by atoms with E-state index in [-0.39, 0.29) is 11.3 Å². The molecule has 0 unspecified atom stereocenters. The summed E-state index contributed by atoms with van der Waals surface area (Å²) < 4.78 is 44.4. The first-order valence-corrected chi connectivity index (χ1v) is 15.5. The predicted octanol–water partition coefficient (Wildman–Crippen LogP) is 9.79. The topological polar surface area (TPSA) is 68.0 Å². The third kappa shape index (κ3) is 5.15. The monoisotopic (exact) mass is 611 g/mol. The van der Waals surface area contributed by atoms with Gasteiger partial charge in [-0.15, -0.1) is 11.3 Å². The maximum absolute atomic E-state index is 13.7. The number of hydrogen-bond acceptors (Lipinski definition) is 4. The summed E-state index contributed by atoms with van der Waals surface area (Å²) in [5.74, 6) is -0.632. The van der Waals surface area contributed by atoms with Gasteiger partial charge in [-0.1, -0.05) is 49.6 Å². The average Bonchev–Trinajstić information content (AvgIpc) is 3.59. The van der Waals surface area contributed by atoms with E-state index in [1.807, 2.05) is 36.4 Å². The summed E-state index contributed by atoms with van der Waals surface area (Å²) in [5, 5.41) is 10.7. The Hall–Kier alpha value is -4.50. The zero-order chi connectivity index (χ0) is 30.4. The molecule has 4 heterocycles. The van der Waals surface area contributed by atoms with Gasteiger partial charge in [-0.3, -0.25) is 4.98 Å². The number of pyridine rings is 2. The standard InChI is InChI=1S/C35H28F3N3O2S/c36-35(37,38)26-9-5-4-8-25(26)28-13-10-23-18-24(11-12-27(23)40-28)32-31(22-6-2-1-3-7-22)33-29(19-30(44-33)34(42)43)41(32)20-21-14-16-39-17-15-21/h4-5,8-19,22H,1-3,6-7,20H2,(H,42,43). The number of rotatable bonds is 6. The number of benzene rings is 2. The lowest BCUT2D eigenvalue weighted by molar-refractivity contribution is -0.137. The van der Waals surface area contributed by atoms with Gasteiger partial charge in [-0.2, -0.15) is 13.2 Å². The number of carboxylic acids is 1. The van der Waals surface area contributed by atoms with Gasteiger partial charge in [-0.25, -0.2) is 9.78 Å². The molecule has 9 heteroatoms. The van der Waals surface area contributed by atoms with Crippen molar-refractivity contribution in [3.63, 3.8) is 0 Å². The van der Waals surface area contributed by atoms with Crippen LogP contribution in [0.4, 0.5) is 13.2 Å². The second kappa shape index (κ2) is 11.2. The molecule has 44 heavy (non-hydrogen) atoms. The predicted molar refractivity (Wildman–Crippen MR) is 167 cm³/mol. The molecule has 2 aromatic carbocycles. The lowest BCUT2D eigenvalue weighted by Crippen LogP contribution is -2.08. The highest BCUT2D eigenvalue weighted by Crippen LogP contribution is 2.47. The number of aromatic nitrogens is 3.